The maximum absolute atomic E-state index is 13.7. The molecule has 3 aromatic rings. The van der Waals surface area contributed by atoms with Crippen LogP contribution in [-0.2, 0) is 9.53 Å². The van der Waals surface area contributed by atoms with Crippen molar-refractivity contribution in [3.8, 4) is 5.75 Å². The van der Waals surface area contributed by atoms with Crippen molar-refractivity contribution in [1.29, 1.82) is 0 Å². The third-order valence-electron chi connectivity index (χ3n) is 5.47. The lowest BCUT2D eigenvalue weighted by atomic mass is 9.95. The molecule has 0 unspecified atom stereocenters. The summed E-state index contributed by atoms with van der Waals surface area (Å²) in [4.78, 5) is 42.4. The second-order valence-electron chi connectivity index (χ2n) is 8.27. The maximum Gasteiger partial charge on any atom is 0.338 e. The lowest BCUT2D eigenvalue weighted by molar-refractivity contribution is -0.384. The predicted molar refractivity (Wildman–Crippen MR) is 139 cm³/mol. The fourth-order valence-corrected chi connectivity index (χ4v) is 5.34. The summed E-state index contributed by atoms with van der Waals surface area (Å²) in [6.45, 7) is 5.21. The van der Waals surface area contributed by atoms with Crippen molar-refractivity contribution in [3.63, 3.8) is 0 Å². The molecule has 2 heterocycles. The summed E-state index contributed by atoms with van der Waals surface area (Å²) in [6, 6.07) is 10.4. The van der Waals surface area contributed by atoms with Crippen LogP contribution in [0.25, 0.3) is 6.08 Å². The number of benzene rings is 2. The number of ether oxygens (including phenoxy) is 2. The van der Waals surface area contributed by atoms with Gasteiger partial charge in [0.25, 0.3) is 11.2 Å². The third kappa shape index (κ3) is 4.89. The summed E-state index contributed by atoms with van der Waals surface area (Å²) in [7, 11) is 1.52. The second-order valence-corrected chi connectivity index (χ2v) is 10.2. The zero-order valence-corrected chi connectivity index (χ0v) is 22.3. The van der Waals surface area contributed by atoms with Crippen LogP contribution in [0.15, 0.2) is 68.0 Å². The minimum absolute atomic E-state index is 0.0423. The van der Waals surface area contributed by atoms with E-state index in [1.54, 1.807) is 51.1 Å². The van der Waals surface area contributed by atoms with Crippen molar-refractivity contribution in [2.75, 3.05) is 7.11 Å². The highest BCUT2D eigenvalue weighted by Crippen LogP contribution is 2.37. The number of nitro groups is 1. The number of allylic oxidation sites excluding steroid dienone is 1. The number of esters is 1. The molecule has 1 aliphatic heterocycles. The number of rotatable bonds is 6. The molecular weight excluding hydrogens is 550 g/mol. The quantitative estimate of drug-likeness (QED) is 0.252. The van der Waals surface area contributed by atoms with Gasteiger partial charge in [0.15, 0.2) is 4.80 Å². The van der Waals surface area contributed by atoms with E-state index in [4.69, 9.17) is 9.47 Å². The first-order chi connectivity index (χ1) is 17.1. The van der Waals surface area contributed by atoms with Crippen molar-refractivity contribution in [2.24, 2.45) is 4.99 Å². The van der Waals surface area contributed by atoms with Gasteiger partial charge >= 0.3 is 5.97 Å². The van der Waals surface area contributed by atoms with E-state index >= 15 is 0 Å². The molecule has 0 saturated carbocycles. The fourth-order valence-electron chi connectivity index (χ4n) is 3.92. The molecule has 0 amide bonds. The van der Waals surface area contributed by atoms with E-state index in [-0.39, 0.29) is 22.9 Å². The monoisotopic (exact) mass is 571 g/mol. The molecule has 0 spiro atoms. The Morgan fingerprint density at radius 3 is 2.56 bits per heavy atom. The van der Waals surface area contributed by atoms with E-state index in [9.17, 15) is 19.7 Å². The van der Waals surface area contributed by atoms with Crippen molar-refractivity contribution in [2.45, 2.75) is 32.9 Å². The third-order valence-corrected chi connectivity index (χ3v) is 6.95. The molecule has 0 N–H and O–H groups in total. The van der Waals surface area contributed by atoms with E-state index in [2.05, 4.69) is 20.9 Å². The van der Waals surface area contributed by atoms with Crippen molar-refractivity contribution < 1.29 is 19.2 Å². The number of carbonyl (C=O) groups is 1. The average molecular weight is 572 g/mol. The number of hydrogen-bond acceptors (Lipinski definition) is 8. The zero-order chi connectivity index (χ0) is 26.1. The molecule has 2 aromatic carbocycles. The zero-order valence-electron chi connectivity index (χ0n) is 19.9. The van der Waals surface area contributed by atoms with Crippen LogP contribution in [0.1, 0.15) is 37.9 Å². The first kappa shape index (κ1) is 25.5. The standard InChI is InChI=1S/C25H22BrN3O6S/c1-13(2)35-24(31)21-14(3)27-25-28(22(21)18-12-16(26)7-10-19(18)34-4)23(30)20(36-25)11-15-5-8-17(9-6-15)29(32)33/h5-13,22H,1-4H3/b20-11-/t22-/m1/s1. The number of halogens is 1. The molecule has 0 saturated heterocycles. The average Bonchev–Trinajstić information content (AvgIpc) is 3.12. The van der Waals surface area contributed by atoms with Crippen LogP contribution in [0, 0.1) is 10.1 Å². The van der Waals surface area contributed by atoms with E-state index < -0.39 is 16.9 Å². The number of carbonyl (C=O) groups excluding carboxylic acids is 1. The van der Waals surface area contributed by atoms with Gasteiger partial charge in [0.05, 0.1) is 33.9 Å². The van der Waals surface area contributed by atoms with E-state index in [0.29, 0.717) is 31.9 Å². The Kier molecular flexibility index (Phi) is 7.23. The number of nitro benzene ring substituents is 1. The number of fused-ring (bicyclic) bond motifs is 1. The molecular formula is C25H22BrN3O6S. The Bertz CT molecular complexity index is 1570. The Morgan fingerprint density at radius 2 is 1.94 bits per heavy atom. The van der Waals surface area contributed by atoms with Gasteiger partial charge in [0.2, 0.25) is 0 Å². The molecule has 1 atom stereocenters. The fraction of sp³-hybridized carbons (Fsp3) is 0.240. The molecule has 0 fully saturated rings. The minimum Gasteiger partial charge on any atom is -0.496 e. The largest absolute Gasteiger partial charge is 0.496 e. The maximum atomic E-state index is 13.7. The molecule has 1 aromatic heterocycles. The molecule has 1 aliphatic rings. The lowest BCUT2D eigenvalue weighted by Gasteiger charge is -2.26. The highest BCUT2D eigenvalue weighted by Gasteiger charge is 2.35. The predicted octanol–water partition coefficient (Wildman–Crippen LogP) is 3.87. The van der Waals surface area contributed by atoms with Crippen LogP contribution in [0.4, 0.5) is 5.69 Å². The van der Waals surface area contributed by atoms with Crippen molar-refractivity contribution in [1.82, 2.24) is 4.57 Å². The number of aromatic nitrogens is 1. The molecule has 36 heavy (non-hydrogen) atoms. The van der Waals surface area contributed by atoms with Crippen LogP contribution < -0.4 is 19.6 Å². The minimum atomic E-state index is -0.834. The van der Waals surface area contributed by atoms with Gasteiger partial charge in [-0.3, -0.25) is 19.5 Å². The van der Waals surface area contributed by atoms with Gasteiger partial charge in [-0.05, 0) is 62.7 Å². The number of non-ortho nitro benzene ring substituents is 1. The van der Waals surface area contributed by atoms with Crippen molar-refractivity contribution >= 4 is 45.0 Å². The summed E-state index contributed by atoms with van der Waals surface area (Å²) < 4.78 is 13.7. The Hall–Kier alpha value is -3.57. The van der Waals surface area contributed by atoms with Crippen LogP contribution in [0.3, 0.4) is 0 Å². The van der Waals surface area contributed by atoms with Crippen LogP contribution in [0.2, 0.25) is 0 Å². The van der Waals surface area contributed by atoms with Crippen LogP contribution >= 0.6 is 27.3 Å². The van der Waals surface area contributed by atoms with Gasteiger partial charge < -0.3 is 9.47 Å². The molecule has 0 bridgehead atoms. The second kappa shape index (κ2) is 10.2. The molecule has 0 aliphatic carbocycles. The normalized spacial score (nSPS) is 15.5. The van der Waals surface area contributed by atoms with Crippen LogP contribution in [-0.4, -0.2) is 28.7 Å². The lowest BCUT2D eigenvalue weighted by Crippen LogP contribution is -2.40. The van der Waals surface area contributed by atoms with E-state index in [1.165, 1.54) is 35.1 Å². The Labute approximate surface area is 218 Å². The van der Waals surface area contributed by atoms with Crippen LogP contribution in [0.5, 0.6) is 5.75 Å². The van der Waals surface area contributed by atoms with Gasteiger partial charge in [0, 0.05) is 22.2 Å². The highest BCUT2D eigenvalue weighted by molar-refractivity contribution is 9.10. The first-order valence-corrected chi connectivity index (χ1v) is 12.5. The first-order valence-electron chi connectivity index (χ1n) is 10.9. The topological polar surface area (TPSA) is 113 Å². The van der Waals surface area contributed by atoms with Gasteiger partial charge in [-0.1, -0.05) is 27.3 Å². The van der Waals surface area contributed by atoms with Gasteiger partial charge in [-0.25, -0.2) is 9.79 Å². The molecule has 11 heteroatoms. The molecule has 4 rings (SSSR count). The summed E-state index contributed by atoms with van der Waals surface area (Å²) in [5.74, 6) is -0.0689. The number of thiazole rings is 1. The van der Waals surface area contributed by atoms with E-state index in [1.807, 2.05) is 6.07 Å². The Morgan fingerprint density at radius 1 is 1.25 bits per heavy atom. The van der Waals surface area contributed by atoms with Crippen molar-refractivity contribution in [3.05, 3.63) is 99.1 Å². The smallest absolute Gasteiger partial charge is 0.338 e. The summed E-state index contributed by atoms with van der Waals surface area (Å²) in [6.07, 6.45) is 1.28. The summed E-state index contributed by atoms with van der Waals surface area (Å²) in [5, 5.41) is 11.0. The highest BCUT2D eigenvalue weighted by atomic mass is 79.9. The Balaban J connectivity index is 1.96. The number of hydrogen-bond donors (Lipinski definition) is 0. The van der Waals surface area contributed by atoms with E-state index in [0.717, 1.165) is 4.47 Å². The van der Waals surface area contributed by atoms with Gasteiger partial charge in [0.1, 0.15) is 11.8 Å². The van der Waals surface area contributed by atoms with Gasteiger partial charge in [-0.15, -0.1) is 0 Å². The molecule has 186 valence electrons. The summed E-state index contributed by atoms with van der Waals surface area (Å²) in [5.41, 5.74) is 1.51. The molecule has 0 radical (unpaired) electrons. The number of nitrogens with zero attached hydrogens (tertiary/aromatic N) is 3. The van der Waals surface area contributed by atoms with Gasteiger partial charge in [-0.2, -0.15) is 0 Å². The number of methoxy groups -OCH3 is 1. The SMILES string of the molecule is COc1ccc(Br)cc1[C@@H]1C(C(=O)OC(C)C)=C(C)N=c2s/c(=C\c3ccc([N+](=O)[O-])cc3)c(=O)n21. The molecule has 9 nitrogen and oxygen atoms in total. The summed E-state index contributed by atoms with van der Waals surface area (Å²) >= 11 is 4.65.